The van der Waals surface area contributed by atoms with Gasteiger partial charge in [0.2, 0.25) is 6.04 Å². The van der Waals surface area contributed by atoms with Crippen LogP contribution in [-0.2, 0) is 4.79 Å². The van der Waals surface area contributed by atoms with Gasteiger partial charge in [-0.25, -0.2) is 0 Å². The van der Waals surface area contributed by atoms with Crippen LogP contribution in [0.15, 0.2) is 42.7 Å². The SMILES string of the molecule is COc1ccc([N+](=O)[O-])cc1NC(=O)[C@H](C)[n+]1ccc(C)cc1. The van der Waals surface area contributed by atoms with Gasteiger partial charge in [-0.05, 0) is 18.6 Å². The van der Waals surface area contributed by atoms with E-state index in [-0.39, 0.29) is 17.3 Å². The molecule has 0 spiro atoms. The molecule has 0 saturated carbocycles. The topological polar surface area (TPSA) is 85.3 Å². The smallest absolute Gasteiger partial charge is 0.293 e. The van der Waals surface area contributed by atoms with Crippen LogP contribution in [0.2, 0.25) is 0 Å². The van der Waals surface area contributed by atoms with Crippen molar-refractivity contribution in [3.8, 4) is 5.75 Å². The Morgan fingerprint density at radius 1 is 1.30 bits per heavy atom. The number of nitro benzene ring substituents is 1. The van der Waals surface area contributed by atoms with Crippen LogP contribution in [0.3, 0.4) is 0 Å². The maximum absolute atomic E-state index is 12.4. The summed E-state index contributed by atoms with van der Waals surface area (Å²) in [6, 6.07) is 7.39. The van der Waals surface area contributed by atoms with Crippen molar-refractivity contribution in [2.75, 3.05) is 12.4 Å². The molecule has 0 bridgehead atoms. The standard InChI is InChI=1S/C16H17N3O4/c1-11-6-8-18(9-7-11)12(2)16(20)17-14-10-13(19(21)22)4-5-15(14)23-3/h4-10,12H,1-3H3/p+1/t12-/m0/s1. The molecular formula is C16H18N3O4+. The molecule has 1 atom stereocenters. The fourth-order valence-electron chi connectivity index (χ4n) is 2.05. The highest BCUT2D eigenvalue weighted by atomic mass is 16.6. The highest BCUT2D eigenvalue weighted by Crippen LogP contribution is 2.29. The number of non-ortho nitro benzene ring substituents is 1. The molecule has 1 amide bonds. The lowest BCUT2D eigenvalue weighted by Gasteiger charge is -2.12. The van der Waals surface area contributed by atoms with Crippen LogP contribution in [0.25, 0.3) is 0 Å². The number of aromatic nitrogens is 1. The first-order chi connectivity index (χ1) is 10.9. The summed E-state index contributed by atoms with van der Waals surface area (Å²) < 4.78 is 6.89. The third kappa shape index (κ3) is 3.82. The molecule has 1 heterocycles. The van der Waals surface area contributed by atoms with Crippen LogP contribution in [0.5, 0.6) is 5.75 Å². The minimum atomic E-state index is -0.521. The number of benzene rings is 1. The van der Waals surface area contributed by atoms with Gasteiger partial charge in [0.05, 0.1) is 17.7 Å². The molecule has 0 aliphatic heterocycles. The van der Waals surface area contributed by atoms with Gasteiger partial charge in [-0.1, -0.05) is 0 Å². The lowest BCUT2D eigenvalue weighted by molar-refractivity contribution is -0.705. The quantitative estimate of drug-likeness (QED) is 0.521. The molecule has 2 rings (SSSR count). The first-order valence-corrected chi connectivity index (χ1v) is 7.03. The minimum Gasteiger partial charge on any atom is -0.495 e. The second-order valence-electron chi connectivity index (χ2n) is 5.13. The zero-order chi connectivity index (χ0) is 17.0. The van der Waals surface area contributed by atoms with Gasteiger partial charge >= 0.3 is 0 Å². The average molecular weight is 316 g/mol. The van der Waals surface area contributed by atoms with E-state index < -0.39 is 11.0 Å². The number of carbonyl (C=O) groups excluding carboxylic acids is 1. The van der Waals surface area contributed by atoms with E-state index in [1.807, 2.05) is 31.5 Å². The third-order valence-corrected chi connectivity index (χ3v) is 3.50. The van der Waals surface area contributed by atoms with E-state index in [1.165, 1.54) is 25.3 Å². The molecule has 23 heavy (non-hydrogen) atoms. The second-order valence-corrected chi connectivity index (χ2v) is 5.13. The van der Waals surface area contributed by atoms with Crippen molar-refractivity contribution < 1.29 is 19.0 Å². The van der Waals surface area contributed by atoms with E-state index in [2.05, 4.69) is 5.32 Å². The predicted octanol–water partition coefficient (Wildman–Crippen LogP) is 2.40. The van der Waals surface area contributed by atoms with E-state index >= 15 is 0 Å². The van der Waals surface area contributed by atoms with Crippen molar-refractivity contribution in [2.45, 2.75) is 19.9 Å². The number of nitrogens with one attached hydrogen (secondary N) is 1. The first kappa shape index (κ1) is 16.4. The first-order valence-electron chi connectivity index (χ1n) is 7.03. The van der Waals surface area contributed by atoms with Crippen LogP contribution in [0.1, 0.15) is 18.5 Å². The number of nitrogens with zero attached hydrogens (tertiary/aromatic N) is 2. The Balaban J connectivity index is 2.23. The van der Waals surface area contributed by atoms with Crippen molar-refractivity contribution in [2.24, 2.45) is 0 Å². The molecule has 0 fully saturated rings. The highest BCUT2D eigenvalue weighted by molar-refractivity contribution is 5.94. The Labute approximate surface area is 133 Å². The summed E-state index contributed by atoms with van der Waals surface area (Å²) in [5.74, 6) is 0.0720. The maximum atomic E-state index is 12.4. The van der Waals surface area contributed by atoms with Gasteiger partial charge in [-0.2, -0.15) is 4.57 Å². The number of anilines is 1. The van der Waals surface area contributed by atoms with Gasteiger partial charge in [0, 0.05) is 31.2 Å². The lowest BCUT2D eigenvalue weighted by atomic mass is 10.2. The average Bonchev–Trinajstić information content (AvgIpc) is 2.54. The molecule has 0 saturated heterocycles. The maximum Gasteiger partial charge on any atom is 0.293 e. The molecular weight excluding hydrogens is 298 g/mol. The summed E-state index contributed by atoms with van der Waals surface area (Å²) in [6.45, 7) is 3.71. The number of amides is 1. The van der Waals surface area contributed by atoms with E-state index in [9.17, 15) is 14.9 Å². The van der Waals surface area contributed by atoms with Gasteiger partial charge < -0.3 is 10.1 Å². The van der Waals surface area contributed by atoms with E-state index in [4.69, 9.17) is 4.74 Å². The Hall–Kier alpha value is -2.96. The molecule has 0 aliphatic carbocycles. The molecule has 1 aromatic carbocycles. The normalized spacial score (nSPS) is 11.6. The molecule has 1 aromatic heterocycles. The van der Waals surface area contributed by atoms with E-state index in [0.717, 1.165) is 5.56 Å². The largest absolute Gasteiger partial charge is 0.495 e. The number of methoxy groups -OCH3 is 1. The molecule has 0 aliphatic rings. The van der Waals surface area contributed by atoms with Crippen LogP contribution >= 0.6 is 0 Å². The molecule has 7 heteroatoms. The van der Waals surface area contributed by atoms with Crippen LogP contribution in [-0.4, -0.2) is 17.9 Å². The Bertz CT molecular complexity index is 729. The zero-order valence-corrected chi connectivity index (χ0v) is 13.1. The Morgan fingerprint density at radius 3 is 2.52 bits per heavy atom. The molecule has 0 unspecified atom stereocenters. The fraction of sp³-hybridized carbons (Fsp3) is 0.250. The van der Waals surface area contributed by atoms with Crippen LogP contribution < -0.4 is 14.6 Å². The highest BCUT2D eigenvalue weighted by Gasteiger charge is 2.23. The molecule has 1 N–H and O–H groups in total. The van der Waals surface area contributed by atoms with E-state index in [1.54, 1.807) is 11.5 Å². The van der Waals surface area contributed by atoms with Crippen molar-refractivity contribution in [3.63, 3.8) is 0 Å². The summed E-state index contributed by atoms with van der Waals surface area (Å²) >= 11 is 0. The number of hydrogen-bond acceptors (Lipinski definition) is 4. The Morgan fingerprint density at radius 2 is 1.96 bits per heavy atom. The van der Waals surface area contributed by atoms with Crippen LogP contribution in [0, 0.1) is 17.0 Å². The van der Waals surface area contributed by atoms with Gasteiger partial charge in [0.25, 0.3) is 11.6 Å². The number of carbonyl (C=O) groups is 1. The molecule has 7 nitrogen and oxygen atoms in total. The summed E-state index contributed by atoms with van der Waals surface area (Å²) in [5.41, 5.74) is 1.25. The van der Waals surface area contributed by atoms with Crippen molar-refractivity contribution in [1.29, 1.82) is 0 Å². The summed E-state index contributed by atoms with van der Waals surface area (Å²) in [4.78, 5) is 22.7. The minimum absolute atomic E-state index is 0.114. The number of nitro groups is 1. The fourth-order valence-corrected chi connectivity index (χ4v) is 2.05. The van der Waals surface area contributed by atoms with E-state index in [0.29, 0.717) is 5.75 Å². The number of pyridine rings is 1. The Kier molecular flexibility index (Phi) is 4.90. The lowest BCUT2D eigenvalue weighted by Crippen LogP contribution is -2.44. The van der Waals surface area contributed by atoms with Crippen molar-refractivity contribution in [3.05, 3.63) is 58.4 Å². The van der Waals surface area contributed by atoms with Crippen molar-refractivity contribution in [1.82, 2.24) is 0 Å². The van der Waals surface area contributed by atoms with Gasteiger partial charge in [-0.3, -0.25) is 14.9 Å². The number of hydrogen-bond donors (Lipinski definition) is 1. The summed E-state index contributed by atoms with van der Waals surface area (Å²) in [6.07, 6.45) is 3.62. The number of ether oxygens (including phenoxy) is 1. The number of rotatable bonds is 5. The summed E-state index contributed by atoms with van der Waals surface area (Å²) in [5, 5.41) is 13.6. The van der Waals surface area contributed by atoms with Gasteiger partial charge in [0.15, 0.2) is 12.4 Å². The summed E-state index contributed by atoms with van der Waals surface area (Å²) in [7, 11) is 1.44. The van der Waals surface area contributed by atoms with Gasteiger partial charge in [-0.15, -0.1) is 0 Å². The molecule has 2 aromatic rings. The van der Waals surface area contributed by atoms with Crippen molar-refractivity contribution >= 4 is 17.3 Å². The zero-order valence-electron chi connectivity index (χ0n) is 13.1. The van der Waals surface area contributed by atoms with Crippen LogP contribution in [0.4, 0.5) is 11.4 Å². The monoisotopic (exact) mass is 316 g/mol. The third-order valence-electron chi connectivity index (χ3n) is 3.50. The number of aryl methyl sites for hydroxylation is 1. The second kappa shape index (κ2) is 6.87. The molecule has 0 radical (unpaired) electrons. The van der Waals surface area contributed by atoms with Gasteiger partial charge in [0.1, 0.15) is 5.75 Å². The molecule has 120 valence electrons. The predicted molar refractivity (Wildman–Crippen MR) is 84.4 cm³/mol.